The Morgan fingerprint density at radius 3 is 2.69 bits per heavy atom. The fourth-order valence-electron chi connectivity index (χ4n) is 2.57. The lowest BCUT2D eigenvalue weighted by Crippen LogP contribution is -2.21. The second-order valence-corrected chi connectivity index (χ2v) is 4.42. The Balaban J connectivity index is 2.40. The van der Waals surface area contributed by atoms with Crippen LogP contribution in [0.25, 0.3) is 0 Å². The van der Waals surface area contributed by atoms with Crippen LogP contribution in [0, 0.1) is 19.8 Å². The minimum atomic E-state index is -0.724. The fraction of sp³-hybridized carbons (Fsp3) is 0.636. The summed E-state index contributed by atoms with van der Waals surface area (Å²) in [5, 5.41) is 16.7. The molecule has 0 spiro atoms. The topological polar surface area (TPSA) is 67.2 Å². The highest BCUT2D eigenvalue weighted by Crippen LogP contribution is 2.32. The van der Waals surface area contributed by atoms with Crippen molar-refractivity contribution in [3.63, 3.8) is 0 Å². The smallest absolute Gasteiger partial charge is 0.308 e. The molecule has 2 N–H and O–H groups in total. The minimum Gasteiger partial charge on any atom is -0.481 e. The highest BCUT2D eigenvalue weighted by atomic mass is 16.4. The molecule has 0 aromatic carbocycles. The van der Waals surface area contributed by atoms with Crippen molar-refractivity contribution in [3.8, 4) is 0 Å². The van der Waals surface area contributed by atoms with Crippen LogP contribution in [0.1, 0.15) is 22.9 Å². The van der Waals surface area contributed by atoms with E-state index in [-0.39, 0.29) is 11.8 Å². The average molecular weight is 223 g/mol. The first-order valence-electron chi connectivity index (χ1n) is 5.46. The highest BCUT2D eigenvalue weighted by molar-refractivity contribution is 5.72. The van der Waals surface area contributed by atoms with Crippen LogP contribution in [0.2, 0.25) is 0 Å². The van der Waals surface area contributed by atoms with Crippen LogP contribution >= 0.6 is 0 Å². The van der Waals surface area contributed by atoms with Gasteiger partial charge in [-0.1, -0.05) is 0 Å². The number of aliphatic carboxylic acids is 1. The number of nitrogens with zero attached hydrogens (tertiary/aromatic N) is 2. The first-order chi connectivity index (χ1) is 7.52. The molecule has 5 heteroatoms. The third-order valence-corrected chi connectivity index (χ3v) is 3.47. The molecule has 0 bridgehead atoms. The zero-order valence-electron chi connectivity index (χ0n) is 9.82. The molecule has 2 unspecified atom stereocenters. The second-order valence-electron chi connectivity index (χ2n) is 4.42. The maximum absolute atomic E-state index is 11.1. The van der Waals surface area contributed by atoms with Gasteiger partial charge in [0.1, 0.15) is 0 Å². The molecule has 1 aliphatic heterocycles. The molecular weight excluding hydrogens is 206 g/mol. The summed E-state index contributed by atoms with van der Waals surface area (Å²) < 4.78 is 1.82. The first-order valence-corrected chi connectivity index (χ1v) is 5.46. The van der Waals surface area contributed by atoms with Crippen LogP contribution in [0.3, 0.4) is 0 Å². The molecule has 16 heavy (non-hydrogen) atoms. The van der Waals surface area contributed by atoms with Gasteiger partial charge in [0.15, 0.2) is 0 Å². The molecule has 88 valence electrons. The van der Waals surface area contributed by atoms with Crippen molar-refractivity contribution in [3.05, 3.63) is 17.0 Å². The number of aryl methyl sites for hydroxylation is 2. The quantitative estimate of drug-likeness (QED) is 0.762. The van der Waals surface area contributed by atoms with Crippen molar-refractivity contribution in [2.24, 2.45) is 13.0 Å². The largest absolute Gasteiger partial charge is 0.481 e. The van der Waals surface area contributed by atoms with Gasteiger partial charge in [0.05, 0.1) is 11.6 Å². The van der Waals surface area contributed by atoms with Gasteiger partial charge >= 0.3 is 5.97 Å². The van der Waals surface area contributed by atoms with Crippen molar-refractivity contribution in [2.75, 3.05) is 13.1 Å². The van der Waals surface area contributed by atoms with E-state index in [1.807, 2.05) is 25.6 Å². The van der Waals surface area contributed by atoms with Gasteiger partial charge in [-0.3, -0.25) is 9.48 Å². The number of hydrogen-bond acceptors (Lipinski definition) is 3. The highest BCUT2D eigenvalue weighted by Gasteiger charge is 2.36. The monoisotopic (exact) mass is 223 g/mol. The van der Waals surface area contributed by atoms with Gasteiger partial charge in [-0.05, 0) is 13.8 Å². The van der Waals surface area contributed by atoms with Gasteiger partial charge < -0.3 is 10.4 Å². The molecule has 2 atom stereocenters. The molecule has 5 nitrogen and oxygen atoms in total. The summed E-state index contributed by atoms with van der Waals surface area (Å²) in [5.74, 6) is -1.01. The second kappa shape index (κ2) is 3.90. The lowest BCUT2D eigenvalue weighted by atomic mass is 9.88. The minimum absolute atomic E-state index is 0.0474. The van der Waals surface area contributed by atoms with Gasteiger partial charge in [-0.15, -0.1) is 0 Å². The van der Waals surface area contributed by atoms with E-state index >= 15 is 0 Å². The molecule has 0 amide bonds. The Kier molecular flexibility index (Phi) is 2.71. The number of nitrogens with one attached hydrogen (secondary N) is 1. The molecule has 1 aliphatic rings. The van der Waals surface area contributed by atoms with Gasteiger partial charge in [0.2, 0.25) is 0 Å². The van der Waals surface area contributed by atoms with Crippen molar-refractivity contribution in [2.45, 2.75) is 19.8 Å². The number of carboxylic acids is 1. The zero-order valence-corrected chi connectivity index (χ0v) is 9.82. The molecule has 2 rings (SSSR count). The van der Waals surface area contributed by atoms with Crippen molar-refractivity contribution in [1.82, 2.24) is 15.1 Å². The molecule has 1 aromatic heterocycles. The van der Waals surface area contributed by atoms with Crippen LogP contribution in [0.15, 0.2) is 0 Å². The number of rotatable bonds is 2. The molecule has 0 radical (unpaired) electrons. The lowest BCUT2D eigenvalue weighted by Gasteiger charge is -2.15. The van der Waals surface area contributed by atoms with E-state index in [0.29, 0.717) is 6.54 Å². The van der Waals surface area contributed by atoms with Gasteiger partial charge in [-0.25, -0.2) is 0 Å². The van der Waals surface area contributed by atoms with Gasteiger partial charge in [0, 0.05) is 37.3 Å². The third kappa shape index (κ3) is 1.61. The maximum atomic E-state index is 11.1. The Hall–Kier alpha value is -1.36. The van der Waals surface area contributed by atoms with E-state index in [2.05, 4.69) is 10.4 Å². The summed E-state index contributed by atoms with van der Waals surface area (Å²) in [6.45, 7) is 5.21. The predicted molar refractivity (Wildman–Crippen MR) is 59.4 cm³/mol. The normalized spacial score (nSPS) is 24.9. The average Bonchev–Trinajstić information content (AvgIpc) is 2.73. The Morgan fingerprint density at radius 2 is 2.19 bits per heavy atom. The molecular formula is C11H17N3O2. The summed E-state index contributed by atoms with van der Waals surface area (Å²) in [5.41, 5.74) is 3.11. The van der Waals surface area contributed by atoms with Crippen LogP contribution in [-0.4, -0.2) is 33.9 Å². The summed E-state index contributed by atoms with van der Waals surface area (Å²) in [6.07, 6.45) is 0. The van der Waals surface area contributed by atoms with Gasteiger partial charge in [0.25, 0.3) is 0 Å². The fourth-order valence-corrected chi connectivity index (χ4v) is 2.57. The van der Waals surface area contributed by atoms with E-state index in [1.54, 1.807) is 0 Å². The molecule has 0 saturated carbocycles. The molecule has 1 aromatic rings. The summed E-state index contributed by atoms with van der Waals surface area (Å²) in [7, 11) is 1.89. The van der Waals surface area contributed by atoms with Crippen molar-refractivity contribution >= 4 is 5.97 Å². The number of aromatic nitrogens is 2. The van der Waals surface area contributed by atoms with Crippen molar-refractivity contribution in [1.29, 1.82) is 0 Å². The lowest BCUT2D eigenvalue weighted by molar-refractivity contribution is -0.141. The Bertz CT molecular complexity index is 425. The SMILES string of the molecule is Cc1nn(C)c(C)c1C1CNCC1C(=O)O. The van der Waals surface area contributed by atoms with Crippen LogP contribution < -0.4 is 5.32 Å². The van der Waals surface area contributed by atoms with Crippen LogP contribution in [-0.2, 0) is 11.8 Å². The van der Waals surface area contributed by atoms with E-state index in [9.17, 15) is 4.79 Å². The van der Waals surface area contributed by atoms with Crippen LogP contribution in [0.5, 0.6) is 0 Å². The number of carbonyl (C=O) groups is 1. The molecule has 1 fully saturated rings. The van der Waals surface area contributed by atoms with E-state index in [0.717, 1.165) is 23.5 Å². The standard InChI is InChI=1S/C11H17N3O2/c1-6-10(7(2)14(3)13-6)8-4-12-5-9(8)11(15)16/h8-9,12H,4-5H2,1-3H3,(H,15,16). The predicted octanol–water partition coefficient (Wildman–Crippen LogP) is 0.425. The molecule has 2 heterocycles. The molecule has 0 aliphatic carbocycles. The summed E-state index contributed by atoms with van der Waals surface area (Å²) in [4.78, 5) is 11.1. The molecule has 1 saturated heterocycles. The zero-order chi connectivity index (χ0) is 11.9. The van der Waals surface area contributed by atoms with E-state index in [1.165, 1.54) is 0 Å². The Morgan fingerprint density at radius 1 is 1.50 bits per heavy atom. The number of hydrogen-bond donors (Lipinski definition) is 2. The first kappa shape index (κ1) is 11.1. The van der Waals surface area contributed by atoms with E-state index < -0.39 is 5.97 Å². The maximum Gasteiger partial charge on any atom is 0.308 e. The summed E-state index contributed by atoms with van der Waals surface area (Å²) in [6, 6.07) is 0. The number of carboxylic acid groups (broad SMARTS) is 1. The van der Waals surface area contributed by atoms with Crippen molar-refractivity contribution < 1.29 is 9.90 Å². The Labute approximate surface area is 94.5 Å². The van der Waals surface area contributed by atoms with Gasteiger partial charge in [-0.2, -0.15) is 5.10 Å². The van der Waals surface area contributed by atoms with Crippen LogP contribution in [0.4, 0.5) is 0 Å². The third-order valence-electron chi connectivity index (χ3n) is 3.47. The summed E-state index contributed by atoms with van der Waals surface area (Å²) >= 11 is 0. The van der Waals surface area contributed by atoms with E-state index in [4.69, 9.17) is 5.11 Å².